The van der Waals surface area contributed by atoms with Gasteiger partial charge < -0.3 is 19.1 Å². The van der Waals surface area contributed by atoms with Gasteiger partial charge >= 0.3 is 19.3 Å². The molecule has 212 valence electrons. The summed E-state index contributed by atoms with van der Waals surface area (Å²) in [5.74, 6) is 1.68. The Morgan fingerprint density at radius 1 is 1.31 bits per heavy atom. The zero-order valence-electron chi connectivity index (χ0n) is 23.2. The summed E-state index contributed by atoms with van der Waals surface area (Å²) in [6.07, 6.45) is -7.44. The molecule has 2 aromatic rings. The van der Waals surface area contributed by atoms with E-state index in [0.717, 1.165) is 12.3 Å². The van der Waals surface area contributed by atoms with Gasteiger partial charge in [-0.2, -0.15) is 0 Å². The zero-order valence-corrected chi connectivity index (χ0v) is 22.1. The Balaban J connectivity index is 2.01. The van der Waals surface area contributed by atoms with Gasteiger partial charge in [0.05, 0.1) is 27.5 Å². The summed E-state index contributed by atoms with van der Waals surface area (Å²) in [6.45, 7) is -0.135. The molecule has 1 aliphatic rings. The van der Waals surface area contributed by atoms with Gasteiger partial charge in [0.25, 0.3) is 5.56 Å². The molecule has 1 aromatic heterocycles. The summed E-state index contributed by atoms with van der Waals surface area (Å²) in [5.41, 5.74) is -5.34. The maximum Gasteiger partial charge on any atom is 0.380 e. The minimum absolute atomic E-state index is 0.0183. The van der Waals surface area contributed by atoms with Crippen molar-refractivity contribution in [3.63, 3.8) is 0 Å². The van der Waals surface area contributed by atoms with Crippen LogP contribution in [0.15, 0.2) is 52.2 Å². The number of esters is 1. The molecule has 2 heterocycles. The maximum atomic E-state index is 16.2. The van der Waals surface area contributed by atoms with Crippen LogP contribution in [0.5, 0.6) is 5.75 Å². The topological polar surface area (TPSA) is 146 Å². The molecule has 0 aliphatic carbocycles. The van der Waals surface area contributed by atoms with Crippen LogP contribution in [0.3, 0.4) is 0 Å². The highest BCUT2D eigenvalue weighted by Gasteiger charge is 2.58. The van der Waals surface area contributed by atoms with E-state index in [0.29, 0.717) is 4.57 Å². The summed E-state index contributed by atoms with van der Waals surface area (Å²) < 4.78 is 81.7. The van der Waals surface area contributed by atoms with Gasteiger partial charge in [-0.1, -0.05) is 37.0 Å². The van der Waals surface area contributed by atoms with Crippen molar-refractivity contribution in [3.8, 4) is 17.6 Å². The summed E-state index contributed by atoms with van der Waals surface area (Å²) in [5, 5.41) is 10.9. The molecular formula is C25H29F2N2O9P. The molecule has 1 saturated heterocycles. The van der Waals surface area contributed by atoms with E-state index < -0.39 is 80.3 Å². The Hall–Kier alpha value is -3.30. The predicted molar refractivity (Wildman–Crippen MR) is 135 cm³/mol. The maximum absolute atomic E-state index is 16.2. The van der Waals surface area contributed by atoms with Gasteiger partial charge in [0.2, 0.25) is 5.67 Å². The first-order valence-corrected chi connectivity index (χ1v) is 13.5. The lowest BCUT2D eigenvalue weighted by Crippen LogP contribution is -2.45. The fraction of sp³-hybridized carbons (Fsp3) is 0.480. The van der Waals surface area contributed by atoms with Gasteiger partial charge in [0, 0.05) is 12.3 Å². The van der Waals surface area contributed by atoms with Gasteiger partial charge in [0.15, 0.2) is 6.23 Å². The van der Waals surface area contributed by atoms with Crippen LogP contribution < -0.4 is 15.8 Å². The zero-order chi connectivity index (χ0) is 30.6. The van der Waals surface area contributed by atoms with Gasteiger partial charge in [-0.15, -0.1) is 0 Å². The number of benzene rings is 1. The molecule has 0 bridgehead atoms. The predicted octanol–water partition coefficient (Wildman–Crippen LogP) is 2.35. The van der Waals surface area contributed by atoms with Crippen LogP contribution in [0.2, 0.25) is 0 Å². The normalized spacial score (nSPS) is 26.0. The molecule has 14 heteroatoms. The lowest BCUT2D eigenvalue weighted by atomic mass is 9.96. The van der Waals surface area contributed by atoms with Crippen LogP contribution in [-0.4, -0.2) is 64.0 Å². The number of hydrogen-bond acceptors (Lipinski definition) is 9. The molecule has 3 rings (SSSR count). The van der Waals surface area contributed by atoms with E-state index in [1.54, 1.807) is 25.8 Å². The second kappa shape index (κ2) is 12.7. The van der Waals surface area contributed by atoms with E-state index in [-0.39, 0.29) is 5.75 Å². The highest BCUT2D eigenvalue weighted by atomic mass is 31.2. The number of H-pyrrole nitrogens is 1. The molecule has 0 radical (unpaired) electrons. The number of carbonyl (C=O) groups is 1. The third-order valence-electron chi connectivity index (χ3n) is 5.35. The fourth-order valence-corrected chi connectivity index (χ4v) is 5.29. The number of aromatic amines is 1. The minimum Gasteiger partial charge on any atom is -0.463 e. The fourth-order valence-electron chi connectivity index (χ4n) is 3.58. The van der Waals surface area contributed by atoms with Crippen LogP contribution in [0.4, 0.5) is 8.78 Å². The SMILES string of the molecule is [2H]C([2H])(O[P@@](=O)(C[C@@H](C)C(=O)OC(C)C)Oc1ccccc1)[C@H]1O[C@@H](n2ccc(=O)[nH]c2=O)C(F)(C#CCF)[C@H]1O. The van der Waals surface area contributed by atoms with Crippen molar-refractivity contribution in [3.05, 3.63) is 63.4 Å². The Kier molecular flexibility index (Phi) is 8.88. The minimum atomic E-state index is -4.67. The highest BCUT2D eigenvalue weighted by Crippen LogP contribution is 2.51. The number of para-hydroxylation sites is 1. The number of aliphatic hydroxyl groups is 1. The average Bonchev–Trinajstić information content (AvgIpc) is 3.13. The number of nitrogens with one attached hydrogen (secondary N) is 1. The highest BCUT2D eigenvalue weighted by molar-refractivity contribution is 7.54. The third-order valence-corrected chi connectivity index (χ3v) is 7.22. The Morgan fingerprint density at radius 3 is 2.62 bits per heavy atom. The smallest absolute Gasteiger partial charge is 0.380 e. The molecule has 6 atom stereocenters. The number of hydrogen-bond donors (Lipinski definition) is 2. The van der Waals surface area contributed by atoms with E-state index in [9.17, 15) is 28.4 Å². The number of alkyl halides is 2. The Morgan fingerprint density at radius 2 is 2.00 bits per heavy atom. The summed E-state index contributed by atoms with van der Waals surface area (Å²) >= 11 is 0. The molecule has 1 aromatic carbocycles. The Labute approximate surface area is 225 Å². The van der Waals surface area contributed by atoms with E-state index in [1.165, 1.54) is 31.2 Å². The molecule has 0 spiro atoms. The van der Waals surface area contributed by atoms with Gasteiger partial charge in [-0.3, -0.25) is 23.7 Å². The summed E-state index contributed by atoms with van der Waals surface area (Å²) in [7, 11) is -4.67. The lowest BCUT2D eigenvalue weighted by Gasteiger charge is -2.25. The lowest BCUT2D eigenvalue weighted by molar-refractivity contribution is -0.151. The van der Waals surface area contributed by atoms with E-state index in [2.05, 4.69) is 0 Å². The quantitative estimate of drug-likeness (QED) is 0.249. The van der Waals surface area contributed by atoms with E-state index >= 15 is 4.39 Å². The number of aliphatic hydroxyl groups excluding tert-OH is 1. The molecule has 1 aliphatic heterocycles. The van der Waals surface area contributed by atoms with Gasteiger partial charge in [0.1, 0.15) is 24.6 Å². The first kappa shape index (κ1) is 27.3. The molecule has 1 unspecified atom stereocenters. The second-order valence-electron chi connectivity index (χ2n) is 8.87. The van der Waals surface area contributed by atoms with Crippen molar-refractivity contribution in [1.29, 1.82) is 0 Å². The molecular weight excluding hydrogens is 541 g/mol. The average molecular weight is 572 g/mol. The standard InChI is InChI=1S/C25H29F2N2O9P/c1-16(2)36-22(32)17(3)15-39(34,38-18-8-5-4-6-9-18)35-14-19-21(31)25(27,11-7-12-26)23(37-19)29-13-10-20(30)28-24(29)33/h4-6,8-10,13,16-17,19,21,23,31H,12,14-15H2,1-3H3,(H,28,30,33)/t17-,19-,21+,23-,25?,39+/m1/s1/i14D2. The van der Waals surface area contributed by atoms with E-state index in [4.69, 9.17) is 21.3 Å². The van der Waals surface area contributed by atoms with Crippen molar-refractivity contribution in [2.45, 2.75) is 51.0 Å². The number of carbonyl (C=O) groups excluding carboxylic acids is 1. The number of halogens is 2. The molecule has 39 heavy (non-hydrogen) atoms. The molecule has 0 saturated carbocycles. The van der Waals surface area contributed by atoms with Crippen LogP contribution in [-0.2, 0) is 23.4 Å². The van der Waals surface area contributed by atoms with Crippen LogP contribution in [0, 0.1) is 17.8 Å². The molecule has 11 nitrogen and oxygen atoms in total. The van der Waals surface area contributed by atoms with Crippen LogP contribution in [0.1, 0.15) is 29.7 Å². The first-order chi connectivity index (χ1) is 19.1. The Bertz CT molecular complexity index is 1460. The van der Waals surface area contributed by atoms with Crippen molar-refractivity contribution in [1.82, 2.24) is 9.55 Å². The summed E-state index contributed by atoms with van der Waals surface area (Å²) in [6, 6.07) is 8.30. The van der Waals surface area contributed by atoms with Crippen molar-refractivity contribution in [2.75, 3.05) is 19.4 Å². The monoisotopic (exact) mass is 572 g/mol. The largest absolute Gasteiger partial charge is 0.463 e. The summed E-state index contributed by atoms with van der Waals surface area (Å²) in [4.78, 5) is 38.2. The number of rotatable bonds is 10. The van der Waals surface area contributed by atoms with Gasteiger partial charge in [-0.25, -0.2) is 18.1 Å². The van der Waals surface area contributed by atoms with Crippen molar-refractivity contribution >= 4 is 13.6 Å². The number of nitrogens with zero attached hydrogens (tertiary/aromatic N) is 1. The van der Waals surface area contributed by atoms with E-state index in [1.807, 2.05) is 10.9 Å². The molecule has 1 fully saturated rings. The second-order valence-corrected chi connectivity index (χ2v) is 10.8. The number of ether oxygens (including phenoxy) is 2. The van der Waals surface area contributed by atoms with Crippen LogP contribution in [0.25, 0.3) is 0 Å². The van der Waals surface area contributed by atoms with Gasteiger partial charge in [-0.05, 0) is 26.0 Å². The first-order valence-electron chi connectivity index (χ1n) is 12.8. The van der Waals surface area contributed by atoms with Crippen molar-refractivity contribution in [2.24, 2.45) is 5.92 Å². The molecule has 0 amide bonds. The van der Waals surface area contributed by atoms with Crippen LogP contribution >= 0.6 is 7.60 Å². The number of aromatic nitrogens is 2. The molecule has 2 N–H and O–H groups in total. The van der Waals surface area contributed by atoms with Crippen molar-refractivity contribution < 1.29 is 44.5 Å². The third kappa shape index (κ3) is 7.42.